The Balaban J connectivity index is 2.26. The van der Waals surface area contributed by atoms with Gasteiger partial charge in [-0.1, -0.05) is 5.16 Å². The summed E-state index contributed by atoms with van der Waals surface area (Å²) in [4.78, 5) is 24.8. The minimum Gasteiger partial charge on any atom is -0.486 e. The number of nitrogens with zero attached hydrogens (tertiary/aromatic N) is 3. The average Bonchev–Trinajstić information content (AvgIpc) is 2.85. The number of hydrogen-bond donors (Lipinski definition) is 1. The van der Waals surface area contributed by atoms with Gasteiger partial charge in [0.2, 0.25) is 0 Å². The molecule has 9 nitrogen and oxygen atoms in total. The SMILES string of the molecule is Cc1noc(-c2ccc(OCCC(=O)O)c([N+](=O)[O-])c2)n1. The van der Waals surface area contributed by atoms with Crippen LogP contribution in [0.15, 0.2) is 22.7 Å². The molecular formula is C12H11N3O6. The van der Waals surface area contributed by atoms with E-state index in [1.807, 2.05) is 0 Å². The van der Waals surface area contributed by atoms with Crippen LogP contribution in [0.2, 0.25) is 0 Å². The van der Waals surface area contributed by atoms with Crippen LogP contribution in [0, 0.1) is 17.0 Å². The maximum atomic E-state index is 11.1. The Morgan fingerprint density at radius 3 is 2.86 bits per heavy atom. The van der Waals surface area contributed by atoms with Gasteiger partial charge < -0.3 is 14.4 Å². The van der Waals surface area contributed by atoms with Crippen LogP contribution in [0.1, 0.15) is 12.2 Å². The molecule has 0 unspecified atom stereocenters. The second-order valence-electron chi connectivity index (χ2n) is 4.08. The molecule has 0 spiro atoms. The summed E-state index contributed by atoms with van der Waals surface area (Å²) in [5.74, 6) is -0.487. The highest BCUT2D eigenvalue weighted by Crippen LogP contribution is 2.31. The Kier molecular flexibility index (Phi) is 4.12. The Hall–Kier alpha value is -2.97. The van der Waals surface area contributed by atoms with Crippen molar-refractivity contribution < 1.29 is 24.1 Å². The maximum absolute atomic E-state index is 11.1. The highest BCUT2D eigenvalue weighted by atomic mass is 16.6. The molecule has 0 saturated carbocycles. The summed E-state index contributed by atoms with van der Waals surface area (Å²) >= 11 is 0. The molecule has 2 rings (SSSR count). The van der Waals surface area contributed by atoms with E-state index in [4.69, 9.17) is 14.4 Å². The van der Waals surface area contributed by atoms with Gasteiger partial charge in [0.05, 0.1) is 18.0 Å². The first-order valence-electron chi connectivity index (χ1n) is 5.91. The van der Waals surface area contributed by atoms with Crippen LogP contribution in [0.4, 0.5) is 5.69 Å². The molecule has 0 aliphatic heterocycles. The fourth-order valence-electron chi connectivity index (χ4n) is 1.58. The lowest BCUT2D eigenvalue weighted by molar-refractivity contribution is -0.385. The topological polar surface area (TPSA) is 129 Å². The van der Waals surface area contributed by atoms with Crippen molar-refractivity contribution in [2.75, 3.05) is 6.61 Å². The quantitative estimate of drug-likeness (QED) is 0.630. The monoisotopic (exact) mass is 293 g/mol. The van der Waals surface area contributed by atoms with Crippen molar-refractivity contribution in [3.05, 3.63) is 34.1 Å². The second kappa shape index (κ2) is 5.99. The zero-order chi connectivity index (χ0) is 15.4. The van der Waals surface area contributed by atoms with Crippen LogP contribution in [0.25, 0.3) is 11.5 Å². The van der Waals surface area contributed by atoms with E-state index in [9.17, 15) is 14.9 Å². The van der Waals surface area contributed by atoms with Crippen LogP contribution in [-0.2, 0) is 4.79 Å². The Morgan fingerprint density at radius 2 is 2.29 bits per heavy atom. The van der Waals surface area contributed by atoms with Gasteiger partial charge >= 0.3 is 11.7 Å². The van der Waals surface area contributed by atoms with Gasteiger partial charge in [-0.05, 0) is 19.1 Å². The number of aryl methyl sites for hydroxylation is 1. The van der Waals surface area contributed by atoms with Crippen molar-refractivity contribution in [1.82, 2.24) is 10.1 Å². The Labute approximate surface area is 118 Å². The Bertz CT molecular complexity index is 681. The number of carboxylic acid groups (broad SMARTS) is 1. The van der Waals surface area contributed by atoms with Crippen LogP contribution in [0.5, 0.6) is 5.75 Å². The predicted molar refractivity (Wildman–Crippen MR) is 68.9 cm³/mol. The van der Waals surface area contributed by atoms with Gasteiger partial charge in [0, 0.05) is 11.6 Å². The van der Waals surface area contributed by atoms with Gasteiger partial charge in [-0.25, -0.2) is 0 Å². The predicted octanol–water partition coefficient (Wildman–Crippen LogP) is 1.81. The minimum atomic E-state index is -1.05. The van der Waals surface area contributed by atoms with E-state index in [0.29, 0.717) is 11.4 Å². The summed E-state index contributed by atoms with van der Waals surface area (Å²) in [5, 5.41) is 23.2. The summed E-state index contributed by atoms with van der Waals surface area (Å²) in [6.07, 6.45) is -0.248. The molecule has 1 aromatic carbocycles. The summed E-state index contributed by atoms with van der Waals surface area (Å²) in [6.45, 7) is 1.47. The van der Waals surface area contributed by atoms with Gasteiger partial charge in [-0.2, -0.15) is 4.98 Å². The molecule has 0 fully saturated rings. The Morgan fingerprint density at radius 1 is 1.52 bits per heavy atom. The first-order chi connectivity index (χ1) is 9.97. The third-order valence-corrected chi connectivity index (χ3v) is 2.50. The molecule has 0 saturated heterocycles. The summed E-state index contributed by atoms with van der Waals surface area (Å²) < 4.78 is 10.1. The van der Waals surface area contributed by atoms with E-state index in [2.05, 4.69) is 10.1 Å². The zero-order valence-corrected chi connectivity index (χ0v) is 11.0. The number of carbonyl (C=O) groups is 1. The number of rotatable bonds is 6. The van der Waals surface area contributed by atoms with Gasteiger partial charge in [0.15, 0.2) is 11.6 Å². The number of ether oxygens (including phenoxy) is 1. The average molecular weight is 293 g/mol. The normalized spacial score (nSPS) is 10.3. The molecule has 21 heavy (non-hydrogen) atoms. The molecule has 2 aromatic rings. The second-order valence-corrected chi connectivity index (χ2v) is 4.08. The maximum Gasteiger partial charge on any atom is 0.311 e. The zero-order valence-electron chi connectivity index (χ0n) is 11.0. The molecule has 9 heteroatoms. The number of aliphatic carboxylic acids is 1. The molecule has 0 bridgehead atoms. The van der Waals surface area contributed by atoms with Crippen LogP contribution in [0.3, 0.4) is 0 Å². The van der Waals surface area contributed by atoms with Crippen LogP contribution in [-0.4, -0.2) is 32.7 Å². The molecule has 0 atom stereocenters. The lowest BCUT2D eigenvalue weighted by Gasteiger charge is -2.06. The molecule has 0 aliphatic carbocycles. The first-order valence-corrected chi connectivity index (χ1v) is 5.91. The highest BCUT2D eigenvalue weighted by Gasteiger charge is 2.19. The molecule has 110 valence electrons. The molecule has 1 N–H and O–H groups in total. The molecule has 0 amide bonds. The number of hydrogen-bond acceptors (Lipinski definition) is 7. The van der Waals surface area contributed by atoms with Gasteiger partial charge in [-0.3, -0.25) is 14.9 Å². The van der Waals surface area contributed by atoms with Crippen molar-refractivity contribution in [2.24, 2.45) is 0 Å². The van der Waals surface area contributed by atoms with Crippen molar-refractivity contribution in [3.8, 4) is 17.2 Å². The lowest BCUT2D eigenvalue weighted by atomic mass is 10.2. The van der Waals surface area contributed by atoms with E-state index in [1.54, 1.807) is 6.92 Å². The molecule has 1 heterocycles. The number of nitro benzene ring substituents is 1. The number of carboxylic acids is 1. The summed E-state index contributed by atoms with van der Waals surface area (Å²) in [6, 6.07) is 4.13. The minimum absolute atomic E-state index is 0.0127. The van der Waals surface area contributed by atoms with Crippen molar-refractivity contribution in [1.29, 1.82) is 0 Å². The summed E-state index contributed by atoms with van der Waals surface area (Å²) in [5.41, 5.74) is 0.0848. The van der Waals surface area contributed by atoms with Gasteiger partial charge in [0.1, 0.15) is 0 Å². The fraction of sp³-hybridized carbons (Fsp3) is 0.250. The van der Waals surface area contributed by atoms with Gasteiger partial charge in [-0.15, -0.1) is 0 Å². The third kappa shape index (κ3) is 3.53. The van der Waals surface area contributed by atoms with E-state index in [-0.39, 0.29) is 30.4 Å². The van der Waals surface area contributed by atoms with Gasteiger partial charge in [0.25, 0.3) is 5.89 Å². The van der Waals surface area contributed by atoms with Crippen molar-refractivity contribution in [3.63, 3.8) is 0 Å². The fourth-order valence-corrected chi connectivity index (χ4v) is 1.58. The summed E-state index contributed by atoms with van der Waals surface area (Å²) in [7, 11) is 0. The number of benzene rings is 1. The third-order valence-electron chi connectivity index (χ3n) is 2.50. The largest absolute Gasteiger partial charge is 0.486 e. The molecule has 0 aliphatic rings. The molecular weight excluding hydrogens is 282 g/mol. The van der Waals surface area contributed by atoms with Crippen LogP contribution < -0.4 is 4.74 Å². The van der Waals surface area contributed by atoms with Crippen molar-refractivity contribution >= 4 is 11.7 Å². The lowest BCUT2D eigenvalue weighted by Crippen LogP contribution is -2.06. The first kappa shape index (κ1) is 14.4. The van der Waals surface area contributed by atoms with E-state index < -0.39 is 10.9 Å². The highest BCUT2D eigenvalue weighted by molar-refractivity contribution is 5.67. The number of aromatic nitrogens is 2. The standard InChI is InChI=1S/C12H11N3O6/c1-7-13-12(21-14-7)8-2-3-10(9(6-8)15(18)19)20-5-4-11(16)17/h2-3,6H,4-5H2,1H3,(H,16,17). The smallest absolute Gasteiger partial charge is 0.311 e. The van der Waals surface area contributed by atoms with E-state index in [0.717, 1.165) is 0 Å². The molecule has 0 radical (unpaired) electrons. The van der Waals surface area contributed by atoms with Crippen molar-refractivity contribution in [2.45, 2.75) is 13.3 Å². The van der Waals surface area contributed by atoms with E-state index >= 15 is 0 Å². The van der Waals surface area contributed by atoms with Crippen LogP contribution >= 0.6 is 0 Å². The molecule has 1 aromatic heterocycles. The number of nitro groups is 1. The van der Waals surface area contributed by atoms with E-state index in [1.165, 1.54) is 18.2 Å².